The lowest BCUT2D eigenvalue weighted by Gasteiger charge is -2.11. The van der Waals surface area contributed by atoms with Crippen molar-refractivity contribution in [2.24, 2.45) is 0 Å². The third kappa shape index (κ3) is 3.72. The van der Waals surface area contributed by atoms with Gasteiger partial charge in [-0.2, -0.15) is 5.26 Å². The zero-order valence-electron chi connectivity index (χ0n) is 25.2. The second-order valence-electron chi connectivity index (χ2n) is 12.1. The van der Waals surface area contributed by atoms with E-state index >= 15 is 0 Å². The largest absolute Gasteiger partial charge is 0.309 e. The number of thiophene rings is 1. The van der Waals surface area contributed by atoms with Crippen LogP contribution in [0.2, 0.25) is 0 Å². The molecule has 0 aliphatic heterocycles. The molecule has 218 valence electrons. The molecular weight excluding hydrogens is 591 g/mol. The monoisotopic (exact) mass is 615 g/mol. The lowest BCUT2D eigenvalue weighted by Crippen LogP contribution is -1.95. The van der Waals surface area contributed by atoms with Crippen LogP contribution in [-0.2, 0) is 0 Å². The molecule has 7 aromatic carbocycles. The van der Waals surface area contributed by atoms with Crippen LogP contribution < -0.4 is 0 Å². The van der Waals surface area contributed by atoms with Gasteiger partial charge in [0.2, 0.25) is 0 Å². The van der Waals surface area contributed by atoms with Crippen LogP contribution in [-0.4, -0.2) is 9.13 Å². The van der Waals surface area contributed by atoms with Gasteiger partial charge in [0.25, 0.3) is 0 Å². The molecule has 0 amide bonds. The second kappa shape index (κ2) is 9.92. The number of hydrogen-bond acceptors (Lipinski definition) is 2. The molecule has 0 saturated heterocycles. The fraction of sp³-hybridized carbons (Fsp3) is 0. The molecule has 0 aliphatic rings. The molecule has 0 N–H and O–H groups in total. The summed E-state index contributed by atoms with van der Waals surface area (Å²) < 4.78 is 7.36. The number of benzene rings is 7. The first-order valence-corrected chi connectivity index (χ1v) is 16.6. The Labute approximate surface area is 274 Å². The minimum atomic E-state index is 0.651. The van der Waals surface area contributed by atoms with Crippen LogP contribution in [0.1, 0.15) is 5.56 Å². The molecule has 3 aromatic heterocycles. The average molecular weight is 616 g/mol. The van der Waals surface area contributed by atoms with Crippen LogP contribution in [0, 0.1) is 11.3 Å². The molecule has 0 fully saturated rings. The molecule has 0 spiro atoms. The standard InChI is InChI=1S/C43H25N3S/c44-26-27-17-22-36-39(25-27)45(29-9-2-1-3-10-29)38-24-23-34-32-11-4-6-15-37(32)46(42(34)41(36)38)30-20-18-28(19-21-30)31-13-8-14-35-33-12-5-7-16-40(33)47-43(31)35/h1-25H. The SMILES string of the molecule is N#Cc1ccc2c3c(ccc4c5ccccc5n(-c5ccc(-c6cccc7c6sc6ccccc67)cc5)c43)n(-c3ccccc3)c2c1. The second-order valence-corrected chi connectivity index (χ2v) is 13.1. The lowest BCUT2D eigenvalue weighted by atomic mass is 10.0. The van der Waals surface area contributed by atoms with Gasteiger partial charge in [0.1, 0.15) is 0 Å². The highest BCUT2D eigenvalue weighted by Crippen LogP contribution is 2.43. The van der Waals surface area contributed by atoms with Crippen LogP contribution in [0.5, 0.6) is 0 Å². The summed E-state index contributed by atoms with van der Waals surface area (Å²) in [5.74, 6) is 0. The Morgan fingerprint density at radius 3 is 2.06 bits per heavy atom. The Morgan fingerprint density at radius 2 is 1.21 bits per heavy atom. The summed E-state index contributed by atoms with van der Waals surface area (Å²) in [5, 5.41) is 17.2. The normalized spacial score (nSPS) is 11.8. The van der Waals surface area contributed by atoms with Gasteiger partial charge in [0, 0.05) is 53.1 Å². The van der Waals surface area contributed by atoms with Gasteiger partial charge < -0.3 is 9.13 Å². The number of nitrogens with zero attached hydrogens (tertiary/aromatic N) is 3. The number of nitriles is 1. The number of aromatic nitrogens is 2. The Balaban J connectivity index is 1.26. The Bertz CT molecular complexity index is 2900. The predicted molar refractivity (Wildman–Crippen MR) is 198 cm³/mol. The fourth-order valence-corrected chi connectivity index (χ4v) is 8.75. The van der Waals surface area contributed by atoms with E-state index in [9.17, 15) is 5.26 Å². The van der Waals surface area contributed by atoms with Gasteiger partial charge in [-0.25, -0.2) is 0 Å². The van der Waals surface area contributed by atoms with Crippen LogP contribution in [0.25, 0.3) is 86.3 Å². The first kappa shape index (κ1) is 26.1. The molecule has 0 aliphatic carbocycles. The summed E-state index contributed by atoms with van der Waals surface area (Å²) >= 11 is 1.87. The average Bonchev–Trinajstić information content (AvgIpc) is 3.79. The van der Waals surface area contributed by atoms with Gasteiger partial charge in [0.05, 0.1) is 33.7 Å². The third-order valence-electron chi connectivity index (χ3n) is 9.55. The van der Waals surface area contributed by atoms with Crippen molar-refractivity contribution >= 4 is 75.1 Å². The summed E-state index contributed by atoms with van der Waals surface area (Å²) in [4.78, 5) is 0. The highest BCUT2D eigenvalue weighted by molar-refractivity contribution is 7.26. The van der Waals surface area contributed by atoms with Gasteiger partial charge in [-0.3, -0.25) is 0 Å². The summed E-state index contributed by atoms with van der Waals surface area (Å²) in [6.07, 6.45) is 0. The Hall–Kier alpha value is -6.15. The molecule has 0 saturated carbocycles. The van der Waals surface area contributed by atoms with E-state index < -0.39 is 0 Å². The smallest absolute Gasteiger partial charge is 0.0992 e. The number of fused-ring (bicyclic) bond motifs is 10. The first-order valence-electron chi connectivity index (χ1n) is 15.8. The van der Waals surface area contributed by atoms with Crippen molar-refractivity contribution < 1.29 is 0 Å². The van der Waals surface area contributed by atoms with Crippen LogP contribution >= 0.6 is 11.3 Å². The van der Waals surface area contributed by atoms with Crippen LogP contribution in [0.3, 0.4) is 0 Å². The molecule has 3 heterocycles. The predicted octanol–water partition coefficient (Wildman–Crippen LogP) is 11.8. The minimum absolute atomic E-state index is 0.651. The number of rotatable bonds is 3. The van der Waals surface area contributed by atoms with Crippen molar-refractivity contribution in [3.63, 3.8) is 0 Å². The molecule has 4 heteroatoms. The summed E-state index contributed by atoms with van der Waals surface area (Å²) in [7, 11) is 0. The van der Waals surface area contributed by atoms with E-state index in [1.807, 2.05) is 29.5 Å². The molecule has 10 rings (SSSR count). The lowest BCUT2D eigenvalue weighted by molar-refractivity contribution is 1.17. The zero-order chi connectivity index (χ0) is 31.1. The van der Waals surface area contributed by atoms with Crippen molar-refractivity contribution in [2.75, 3.05) is 0 Å². The van der Waals surface area contributed by atoms with Crippen molar-refractivity contribution in [1.82, 2.24) is 9.13 Å². The molecule has 10 aromatic rings. The molecule has 0 atom stereocenters. The topological polar surface area (TPSA) is 33.6 Å². The highest BCUT2D eigenvalue weighted by Gasteiger charge is 2.21. The van der Waals surface area contributed by atoms with Crippen molar-refractivity contribution in [1.29, 1.82) is 5.26 Å². The quantitative estimate of drug-likeness (QED) is 0.195. The Morgan fingerprint density at radius 1 is 0.489 bits per heavy atom. The van der Waals surface area contributed by atoms with E-state index in [1.54, 1.807) is 0 Å². The fourth-order valence-electron chi connectivity index (χ4n) is 7.51. The maximum Gasteiger partial charge on any atom is 0.0992 e. The van der Waals surface area contributed by atoms with Crippen molar-refractivity contribution in [3.8, 4) is 28.6 Å². The summed E-state index contributed by atoms with van der Waals surface area (Å²) in [6, 6.07) is 56.4. The minimum Gasteiger partial charge on any atom is -0.309 e. The van der Waals surface area contributed by atoms with Gasteiger partial charge in [-0.05, 0) is 65.7 Å². The molecular formula is C43H25N3S. The summed E-state index contributed by atoms with van der Waals surface area (Å²) in [6.45, 7) is 0. The van der Waals surface area contributed by atoms with E-state index in [0.717, 1.165) is 27.8 Å². The highest BCUT2D eigenvalue weighted by atomic mass is 32.1. The maximum atomic E-state index is 9.83. The molecule has 3 nitrogen and oxygen atoms in total. The zero-order valence-corrected chi connectivity index (χ0v) is 26.0. The van der Waals surface area contributed by atoms with E-state index in [0.29, 0.717) is 5.56 Å². The van der Waals surface area contributed by atoms with Gasteiger partial charge in [0.15, 0.2) is 0 Å². The number of para-hydroxylation sites is 2. The van der Waals surface area contributed by atoms with E-state index in [-0.39, 0.29) is 0 Å². The molecule has 0 unspecified atom stereocenters. The molecule has 0 bridgehead atoms. The van der Waals surface area contributed by atoms with Crippen molar-refractivity contribution in [3.05, 3.63) is 157 Å². The van der Waals surface area contributed by atoms with Gasteiger partial charge >= 0.3 is 0 Å². The van der Waals surface area contributed by atoms with Gasteiger partial charge in [-0.1, -0.05) is 97.1 Å². The van der Waals surface area contributed by atoms with Crippen molar-refractivity contribution in [2.45, 2.75) is 0 Å². The van der Waals surface area contributed by atoms with E-state index in [1.165, 1.54) is 58.5 Å². The van der Waals surface area contributed by atoms with E-state index in [4.69, 9.17) is 0 Å². The Kier molecular flexibility index (Phi) is 5.51. The summed E-state index contributed by atoms with van der Waals surface area (Å²) in [5.41, 5.74) is 9.80. The van der Waals surface area contributed by atoms with Crippen LogP contribution in [0.15, 0.2) is 152 Å². The van der Waals surface area contributed by atoms with E-state index in [2.05, 4.69) is 149 Å². The maximum absolute atomic E-state index is 9.83. The molecule has 0 radical (unpaired) electrons. The van der Waals surface area contributed by atoms with Crippen LogP contribution in [0.4, 0.5) is 0 Å². The molecule has 47 heavy (non-hydrogen) atoms. The number of hydrogen-bond donors (Lipinski definition) is 0. The third-order valence-corrected chi connectivity index (χ3v) is 10.8. The first-order chi connectivity index (χ1) is 23.3. The van der Waals surface area contributed by atoms with Gasteiger partial charge in [-0.15, -0.1) is 11.3 Å².